The number of rotatable bonds is 7. The number of likely N-dealkylation sites (tertiary alicyclic amines) is 1. The molecule has 4 saturated heterocycles. The molecular formula is C27H36FN2O2S+. The van der Waals surface area contributed by atoms with Crippen molar-refractivity contribution in [1.29, 1.82) is 0 Å². The summed E-state index contributed by atoms with van der Waals surface area (Å²) in [5.41, 5.74) is 0.353. The molecule has 0 aliphatic carbocycles. The quantitative estimate of drug-likeness (QED) is 0.421. The van der Waals surface area contributed by atoms with Crippen LogP contribution in [0.2, 0.25) is 0 Å². The Morgan fingerprint density at radius 3 is 2.67 bits per heavy atom. The van der Waals surface area contributed by atoms with Crippen LogP contribution in [0.4, 0.5) is 4.39 Å². The van der Waals surface area contributed by atoms with Crippen LogP contribution < -0.4 is 0 Å². The molecule has 4 nitrogen and oxygen atoms in total. The number of carbonyl (C=O) groups is 1. The van der Waals surface area contributed by atoms with Gasteiger partial charge in [0.05, 0.1) is 19.6 Å². The molecule has 0 spiro atoms. The highest BCUT2D eigenvalue weighted by Crippen LogP contribution is 2.39. The normalized spacial score (nSPS) is 29.5. The number of hydrogen-bond acceptors (Lipinski definition) is 4. The van der Waals surface area contributed by atoms with Crippen molar-refractivity contribution in [1.82, 2.24) is 4.90 Å². The first-order valence-electron chi connectivity index (χ1n) is 12.6. The standard InChI is InChI=1S/C27H36FN2O2S/c1-27(25-9-6-18-33-25,29-13-3-2-4-14-29)26(31)32-24-20-30(16-11-22(24)12-17-30)15-10-21-7-5-8-23(28)19-21/h5-9,18-19,22,24H,2-4,10-17,20H2,1H3/q+1/t22?,24-,27-,30?/m0/s1. The van der Waals surface area contributed by atoms with Crippen LogP contribution in [0.5, 0.6) is 0 Å². The number of carbonyl (C=O) groups excluding carboxylic acids is 1. The van der Waals surface area contributed by atoms with E-state index in [0.717, 1.165) is 86.3 Å². The van der Waals surface area contributed by atoms with E-state index in [2.05, 4.69) is 23.3 Å². The van der Waals surface area contributed by atoms with E-state index in [4.69, 9.17) is 4.74 Å². The molecule has 1 aromatic carbocycles. The van der Waals surface area contributed by atoms with Gasteiger partial charge >= 0.3 is 5.97 Å². The minimum absolute atomic E-state index is 0.0170. The van der Waals surface area contributed by atoms with Gasteiger partial charge in [-0.15, -0.1) is 11.3 Å². The largest absolute Gasteiger partial charge is 0.454 e. The molecule has 2 aromatic rings. The summed E-state index contributed by atoms with van der Waals surface area (Å²) in [6, 6.07) is 11.1. The lowest BCUT2D eigenvalue weighted by Gasteiger charge is -2.52. The van der Waals surface area contributed by atoms with Crippen molar-refractivity contribution in [3.8, 4) is 0 Å². The third kappa shape index (κ3) is 4.62. The van der Waals surface area contributed by atoms with Gasteiger partial charge in [0.2, 0.25) is 0 Å². The lowest BCUT2D eigenvalue weighted by Crippen LogP contribution is -2.65. The topological polar surface area (TPSA) is 29.5 Å². The van der Waals surface area contributed by atoms with Gasteiger partial charge in [0, 0.05) is 30.1 Å². The molecule has 4 fully saturated rings. The minimum atomic E-state index is -0.701. The molecule has 6 heteroatoms. The van der Waals surface area contributed by atoms with Gasteiger partial charge in [-0.3, -0.25) is 4.90 Å². The summed E-state index contributed by atoms with van der Waals surface area (Å²) in [4.78, 5) is 17.3. The van der Waals surface area contributed by atoms with E-state index < -0.39 is 5.54 Å². The highest BCUT2D eigenvalue weighted by molar-refractivity contribution is 7.10. The summed E-state index contributed by atoms with van der Waals surface area (Å²) >= 11 is 1.66. The second-order valence-electron chi connectivity index (χ2n) is 10.5. The van der Waals surface area contributed by atoms with Crippen LogP contribution in [0.3, 0.4) is 0 Å². The first kappa shape index (κ1) is 23.0. The molecule has 4 aliphatic heterocycles. The van der Waals surface area contributed by atoms with Crippen molar-refractivity contribution in [3.05, 3.63) is 58.0 Å². The average Bonchev–Trinajstić information content (AvgIpc) is 3.39. The molecule has 5 heterocycles. The predicted molar refractivity (Wildman–Crippen MR) is 130 cm³/mol. The lowest BCUT2D eigenvalue weighted by atomic mass is 9.82. The van der Waals surface area contributed by atoms with Crippen LogP contribution in [-0.2, 0) is 21.5 Å². The number of halogens is 1. The molecular weight excluding hydrogens is 435 g/mol. The number of nitrogens with zero attached hydrogens (tertiary/aromatic N) is 2. The third-order valence-electron chi connectivity index (χ3n) is 8.45. The Balaban J connectivity index is 1.30. The number of ether oxygens (including phenoxy) is 1. The molecule has 2 bridgehead atoms. The molecule has 1 aromatic heterocycles. The van der Waals surface area contributed by atoms with Crippen molar-refractivity contribution in [2.75, 3.05) is 39.3 Å². The third-order valence-corrected chi connectivity index (χ3v) is 9.53. The second kappa shape index (κ2) is 9.47. The van der Waals surface area contributed by atoms with Gasteiger partial charge in [0.25, 0.3) is 0 Å². The van der Waals surface area contributed by atoms with Crippen molar-refractivity contribution < 1.29 is 18.4 Å². The fourth-order valence-electron chi connectivity index (χ4n) is 6.26. The molecule has 0 amide bonds. The summed E-state index contributed by atoms with van der Waals surface area (Å²) < 4.78 is 21.0. The monoisotopic (exact) mass is 471 g/mol. The van der Waals surface area contributed by atoms with Gasteiger partial charge in [0.1, 0.15) is 12.4 Å². The van der Waals surface area contributed by atoms with Crippen LogP contribution in [0, 0.1) is 11.7 Å². The zero-order valence-electron chi connectivity index (χ0n) is 19.7. The van der Waals surface area contributed by atoms with E-state index in [1.807, 2.05) is 12.1 Å². The molecule has 2 atom stereocenters. The SMILES string of the molecule is C[C@@](C(=O)O[C@H]1C[N+]2(CCc3cccc(F)c3)CCC1CC2)(c1cccs1)N1CCCCC1. The molecule has 0 radical (unpaired) electrons. The van der Waals surface area contributed by atoms with Gasteiger partial charge in [-0.05, 0) is 62.0 Å². The van der Waals surface area contributed by atoms with Gasteiger partial charge in [0.15, 0.2) is 11.6 Å². The van der Waals surface area contributed by atoms with Crippen LogP contribution in [-0.4, -0.2) is 60.7 Å². The highest BCUT2D eigenvalue weighted by Gasteiger charge is 2.50. The number of esters is 1. The zero-order valence-corrected chi connectivity index (χ0v) is 20.5. The fourth-order valence-corrected chi connectivity index (χ4v) is 7.17. The molecule has 0 saturated carbocycles. The number of quaternary nitrogens is 1. The van der Waals surface area contributed by atoms with E-state index >= 15 is 0 Å². The average molecular weight is 472 g/mol. The number of fused-ring (bicyclic) bond motifs is 3. The Labute approximate surface area is 200 Å². The summed E-state index contributed by atoms with van der Waals surface area (Å²) in [6.07, 6.45) is 6.59. The first-order chi connectivity index (χ1) is 16.0. The second-order valence-corrected chi connectivity index (χ2v) is 11.4. The highest BCUT2D eigenvalue weighted by atomic mass is 32.1. The predicted octanol–water partition coefficient (Wildman–Crippen LogP) is 4.98. The molecule has 0 N–H and O–H groups in total. The fraction of sp³-hybridized carbons (Fsp3) is 0.593. The maximum atomic E-state index is 13.8. The van der Waals surface area contributed by atoms with Crippen molar-refractivity contribution >= 4 is 17.3 Å². The summed E-state index contributed by atoms with van der Waals surface area (Å²) in [5, 5.41) is 2.06. The number of hydrogen-bond donors (Lipinski definition) is 0. The Morgan fingerprint density at radius 1 is 1.18 bits per heavy atom. The maximum Gasteiger partial charge on any atom is 0.332 e. The summed E-state index contributed by atoms with van der Waals surface area (Å²) in [6.45, 7) is 8.13. The van der Waals surface area contributed by atoms with Crippen LogP contribution in [0.15, 0.2) is 41.8 Å². The van der Waals surface area contributed by atoms with Gasteiger partial charge in [-0.1, -0.05) is 24.6 Å². The molecule has 4 aliphatic rings. The van der Waals surface area contributed by atoms with Gasteiger partial charge in [-0.25, -0.2) is 9.18 Å². The Hall–Kier alpha value is -1.76. The molecule has 178 valence electrons. The van der Waals surface area contributed by atoms with Crippen molar-refractivity contribution in [2.24, 2.45) is 5.92 Å². The lowest BCUT2D eigenvalue weighted by molar-refractivity contribution is -0.946. The number of thiophene rings is 1. The maximum absolute atomic E-state index is 13.8. The van der Waals surface area contributed by atoms with Crippen LogP contribution in [0.1, 0.15) is 49.5 Å². The van der Waals surface area contributed by atoms with Gasteiger partial charge in [-0.2, -0.15) is 0 Å². The molecule has 6 rings (SSSR count). The van der Waals surface area contributed by atoms with E-state index in [1.54, 1.807) is 23.5 Å². The van der Waals surface area contributed by atoms with E-state index in [0.29, 0.717) is 5.92 Å². The van der Waals surface area contributed by atoms with E-state index in [-0.39, 0.29) is 17.9 Å². The molecule has 0 unspecified atom stereocenters. The first-order valence-corrected chi connectivity index (χ1v) is 13.5. The Bertz CT molecular complexity index is 951. The summed E-state index contributed by atoms with van der Waals surface area (Å²) in [5.74, 6) is 0.230. The van der Waals surface area contributed by atoms with E-state index in [1.165, 1.54) is 12.5 Å². The number of piperidine rings is 4. The molecule has 33 heavy (non-hydrogen) atoms. The smallest absolute Gasteiger partial charge is 0.332 e. The van der Waals surface area contributed by atoms with Gasteiger partial charge < -0.3 is 9.22 Å². The van der Waals surface area contributed by atoms with Crippen molar-refractivity contribution in [3.63, 3.8) is 0 Å². The van der Waals surface area contributed by atoms with E-state index in [9.17, 15) is 9.18 Å². The Kier molecular flexibility index (Phi) is 6.60. The van der Waals surface area contributed by atoms with Crippen molar-refractivity contribution in [2.45, 2.75) is 57.1 Å². The van der Waals surface area contributed by atoms with Crippen LogP contribution in [0.25, 0.3) is 0 Å². The Morgan fingerprint density at radius 2 is 1.97 bits per heavy atom. The van der Waals surface area contributed by atoms with Crippen LogP contribution >= 0.6 is 11.3 Å². The number of benzene rings is 1. The zero-order chi connectivity index (χ0) is 22.9. The summed E-state index contributed by atoms with van der Waals surface area (Å²) in [7, 11) is 0. The minimum Gasteiger partial charge on any atom is -0.454 e.